The minimum Gasteiger partial charge on any atom is -0.352 e. The Morgan fingerprint density at radius 2 is 2.06 bits per heavy atom. The molecule has 7 nitrogen and oxygen atoms in total. The molecule has 2 aromatic carbocycles. The van der Waals surface area contributed by atoms with Crippen molar-refractivity contribution in [1.82, 2.24) is 20.2 Å². The average Bonchev–Trinajstić information content (AvgIpc) is 3.52. The predicted octanol–water partition coefficient (Wildman–Crippen LogP) is 3.53. The summed E-state index contributed by atoms with van der Waals surface area (Å²) < 4.78 is 0. The average molecular weight is 430 g/mol. The van der Waals surface area contributed by atoms with Gasteiger partial charge >= 0.3 is 0 Å². The van der Waals surface area contributed by atoms with E-state index >= 15 is 0 Å². The number of benzene rings is 2. The van der Waals surface area contributed by atoms with E-state index in [0.29, 0.717) is 37.1 Å². The number of hydrogen-bond acceptors (Lipinski definition) is 5. The van der Waals surface area contributed by atoms with Crippen LogP contribution in [0.4, 0.5) is 5.95 Å². The first-order valence-corrected chi connectivity index (χ1v) is 11.3. The monoisotopic (exact) mass is 429 g/mol. The van der Waals surface area contributed by atoms with Crippen LogP contribution in [0.2, 0.25) is 0 Å². The van der Waals surface area contributed by atoms with Gasteiger partial charge in [-0.1, -0.05) is 12.1 Å². The normalized spacial score (nSPS) is 15.9. The van der Waals surface area contributed by atoms with Crippen LogP contribution < -0.4 is 10.6 Å². The van der Waals surface area contributed by atoms with Crippen molar-refractivity contribution in [2.24, 2.45) is 0 Å². The van der Waals surface area contributed by atoms with Crippen LogP contribution in [0.3, 0.4) is 0 Å². The molecule has 5 rings (SSSR count). The van der Waals surface area contributed by atoms with Gasteiger partial charge in [0.15, 0.2) is 0 Å². The first-order valence-electron chi connectivity index (χ1n) is 11.3. The van der Waals surface area contributed by atoms with Crippen molar-refractivity contribution < 1.29 is 9.59 Å². The molecule has 32 heavy (non-hydrogen) atoms. The van der Waals surface area contributed by atoms with Crippen LogP contribution in [0.25, 0.3) is 22.0 Å². The fourth-order valence-electron chi connectivity index (χ4n) is 4.10. The smallest absolute Gasteiger partial charge is 0.251 e. The largest absolute Gasteiger partial charge is 0.352 e. The number of amides is 2. The second kappa shape index (κ2) is 8.57. The highest BCUT2D eigenvalue weighted by Crippen LogP contribution is 2.28. The molecule has 2 fully saturated rings. The molecular formula is C25H27N5O2. The molecule has 2 amide bonds. The molecule has 0 spiro atoms. The number of nitrogens with one attached hydrogen (secondary N) is 2. The molecule has 2 heterocycles. The molecule has 0 radical (unpaired) electrons. The lowest BCUT2D eigenvalue weighted by molar-refractivity contribution is -0.127. The van der Waals surface area contributed by atoms with E-state index in [0.717, 1.165) is 53.4 Å². The van der Waals surface area contributed by atoms with Crippen molar-refractivity contribution in [2.75, 3.05) is 25.0 Å². The van der Waals surface area contributed by atoms with E-state index in [4.69, 9.17) is 0 Å². The van der Waals surface area contributed by atoms with Crippen molar-refractivity contribution in [1.29, 1.82) is 0 Å². The molecule has 0 unspecified atom stereocenters. The second-order valence-electron chi connectivity index (χ2n) is 8.66. The number of aryl methyl sites for hydroxylation is 1. The van der Waals surface area contributed by atoms with Crippen molar-refractivity contribution in [3.8, 4) is 11.1 Å². The number of carbonyl (C=O) groups excluding carboxylic acids is 2. The molecule has 164 valence electrons. The van der Waals surface area contributed by atoms with E-state index in [9.17, 15) is 9.59 Å². The van der Waals surface area contributed by atoms with E-state index in [2.05, 4.69) is 33.6 Å². The summed E-state index contributed by atoms with van der Waals surface area (Å²) in [5, 5.41) is 7.21. The Bertz CT molecular complexity index is 1190. The summed E-state index contributed by atoms with van der Waals surface area (Å²) in [5.41, 5.74) is 4.72. The van der Waals surface area contributed by atoms with Crippen LogP contribution in [-0.2, 0) is 4.79 Å². The predicted molar refractivity (Wildman–Crippen MR) is 125 cm³/mol. The van der Waals surface area contributed by atoms with Crippen LogP contribution in [-0.4, -0.2) is 52.4 Å². The van der Waals surface area contributed by atoms with Crippen molar-refractivity contribution in [3.05, 3.63) is 53.7 Å². The molecule has 2 N–H and O–H groups in total. The lowest BCUT2D eigenvalue weighted by atomic mass is 9.97. The van der Waals surface area contributed by atoms with Gasteiger partial charge in [0, 0.05) is 49.2 Å². The molecule has 1 aliphatic carbocycles. The molecule has 1 saturated heterocycles. The molecule has 1 aliphatic heterocycles. The minimum atomic E-state index is -0.00998. The number of hydrogen-bond donors (Lipinski definition) is 2. The Kier molecular flexibility index (Phi) is 5.47. The van der Waals surface area contributed by atoms with Gasteiger partial charge in [-0.05, 0) is 67.1 Å². The molecule has 2 aliphatic rings. The van der Waals surface area contributed by atoms with Gasteiger partial charge in [0.25, 0.3) is 5.91 Å². The molecule has 3 aromatic rings. The van der Waals surface area contributed by atoms with Crippen molar-refractivity contribution in [3.63, 3.8) is 0 Å². The van der Waals surface area contributed by atoms with Gasteiger partial charge < -0.3 is 15.5 Å². The van der Waals surface area contributed by atoms with E-state index in [1.807, 2.05) is 41.4 Å². The van der Waals surface area contributed by atoms with E-state index < -0.39 is 0 Å². The Balaban J connectivity index is 1.31. The zero-order valence-electron chi connectivity index (χ0n) is 18.2. The van der Waals surface area contributed by atoms with Crippen LogP contribution in [0, 0.1) is 6.92 Å². The highest BCUT2D eigenvalue weighted by atomic mass is 16.2. The third-order valence-electron chi connectivity index (χ3n) is 6.14. The summed E-state index contributed by atoms with van der Waals surface area (Å²) in [7, 11) is 0. The summed E-state index contributed by atoms with van der Waals surface area (Å²) in [6.45, 7) is 4.19. The van der Waals surface area contributed by atoms with Gasteiger partial charge in [0.1, 0.15) is 0 Å². The highest BCUT2D eigenvalue weighted by Gasteiger charge is 2.24. The van der Waals surface area contributed by atoms with E-state index in [1.54, 1.807) is 0 Å². The minimum absolute atomic E-state index is 0.00998. The summed E-state index contributed by atoms with van der Waals surface area (Å²) in [6, 6.07) is 12.3. The molecule has 0 atom stereocenters. The van der Waals surface area contributed by atoms with Gasteiger partial charge in [-0.15, -0.1) is 0 Å². The number of fused-ring (bicyclic) bond motifs is 1. The Labute approximate surface area is 187 Å². The van der Waals surface area contributed by atoms with Gasteiger partial charge in [0.2, 0.25) is 11.9 Å². The summed E-state index contributed by atoms with van der Waals surface area (Å²) in [4.78, 5) is 35.1. The first-order chi connectivity index (χ1) is 15.6. The van der Waals surface area contributed by atoms with Gasteiger partial charge in [0.05, 0.1) is 5.52 Å². The molecular weight excluding hydrogens is 402 g/mol. The summed E-state index contributed by atoms with van der Waals surface area (Å²) in [6.07, 6.45) is 5.56. The standard InChI is InChI=1S/C25H27N5O2/c1-16-4-5-18(24(32)28-20-7-8-20)14-21(16)17-6-9-22-19(13-17)15-27-25(29-22)26-10-12-30-11-2-3-23(30)31/h4-6,9,13-15,20H,2-3,7-8,10-12H2,1H3,(H,28,32)(H,26,27,29). The SMILES string of the molecule is Cc1ccc(C(=O)NC2CC2)cc1-c1ccc2nc(NCCN3CCCC3=O)ncc2c1. The first kappa shape index (κ1) is 20.4. The van der Waals surface area contributed by atoms with Crippen LogP contribution in [0.5, 0.6) is 0 Å². The summed E-state index contributed by atoms with van der Waals surface area (Å²) >= 11 is 0. The lowest BCUT2D eigenvalue weighted by Crippen LogP contribution is -2.30. The maximum atomic E-state index is 12.5. The second-order valence-corrected chi connectivity index (χ2v) is 8.66. The van der Waals surface area contributed by atoms with E-state index in [-0.39, 0.29) is 11.8 Å². The van der Waals surface area contributed by atoms with Gasteiger partial charge in [-0.3, -0.25) is 9.59 Å². The number of aromatic nitrogens is 2. The van der Waals surface area contributed by atoms with E-state index in [1.165, 1.54) is 0 Å². The van der Waals surface area contributed by atoms with Crippen molar-refractivity contribution in [2.45, 2.75) is 38.6 Å². The molecule has 7 heteroatoms. The molecule has 1 aromatic heterocycles. The lowest BCUT2D eigenvalue weighted by Gasteiger charge is -2.15. The Morgan fingerprint density at radius 1 is 1.19 bits per heavy atom. The number of carbonyl (C=O) groups is 2. The van der Waals surface area contributed by atoms with Gasteiger partial charge in [-0.25, -0.2) is 9.97 Å². The zero-order valence-corrected chi connectivity index (χ0v) is 18.2. The topological polar surface area (TPSA) is 87.2 Å². The maximum absolute atomic E-state index is 12.5. The number of likely N-dealkylation sites (tertiary alicyclic amines) is 1. The number of anilines is 1. The third-order valence-corrected chi connectivity index (χ3v) is 6.14. The molecule has 1 saturated carbocycles. The maximum Gasteiger partial charge on any atom is 0.251 e. The Morgan fingerprint density at radius 3 is 2.84 bits per heavy atom. The zero-order chi connectivity index (χ0) is 22.1. The van der Waals surface area contributed by atoms with Crippen LogP contribution in [0.15, 0.2) is 42.6 Å². The number of nitrogens with zero attached hydrogens (tertiary/aromatic N) is 3. The Hall–Kier alpha value is -3.48. The number of rotatable bonds is 7. The molecule has 0 bridgehead atoms. The highest BCUT2D eigenvalue weighted by molar-refractivity contribution is 5.96. The van der Waals surface area contributed by atoms with Crippen LogP contribution >= 0.6 is 0 Å². The van der Waals surface area contributed by atoms with Gasteiger partial charge in [-0.2, -0.15) is 0 Å². The third kappa shape index (κ3) is 4.42. The van der Waals surface area contributed by atoms with Crippen molar-refractivity contribution >= 4 is 28.7 Å². The fourth-order valence-corrected chi connectivity index (χ4v) is 4.10. The summed E-state index contributed by atoms with van der Waals surface area (Å²) in [5.74, 6) is 0.777. The fraction of sp³-hybridized carbons (Fsp3) is 0.360. The quantitative estimate of drug-likeness (QED) is 0.600. The van der Waals surface area contributed by atoms with Crippen LogP contribution in [0.1, 0.15) is 41.6 Å².